The average molecular weight is 342 g/mol. The molecule has 6 heteroatoms. The van der Waals surface area contributed by atoms with E-state index in [1.807, 2.05) is 26.0 Å². The van der Waals surface area contributed by atoms with Gasteiger partial charge in [-0.2, -0.15) is 0 Å². The van der Waals surface area contributed by atoms with Crippen LogP contribution in [0.2, 0.25) is 0 Å². The molecule has 0 radical (unpaired) electrons. The van der Waals surface area contributed by atoms with Crippen molar-refractivity contribution < 1.29 is 19.1 Å². The minimum Gasteiger partial charge on any atom is -0.494 e. The zero-order chi connectivity index (χ0) is 18.2. The normalized spacial score (nSPS) is 11.3. The van der Waals surface area contributed by atoms with Gasteiger partial charge < -0.3 is 9.47 Å². The summed E-state index contributed by atoms with van der Waals surface area (Å²) in [5.41, 5.74) is 6.25. The molecule has 132 valence electrons. The Hall–Kier alpha value is -3.02. The summed E-state index contributed by atoms with van der Waals surface area (Å²) in [6, 6.07) is 14.0. The highest BCUT2D eigenvalue weighted by Crippen LogP contribution is 2.18. The summed E-state index contributed by atoms with van der Waals surface area (Å²) >= 11 is 0. The number of hydrazine groups is 1. The Morgan fingerprint density at radius 1 is 0.960 bits per heavy atom. The minimum absolute atomic E-state index is 0.387. The van der Waals surface area contributed by atoms with Gasteiger partial charge in [-0.1, -0.05) is 17.7 Å². The molecule has 2 aromatic rings. The molecule has 6 nitrogen and oxygen atoms in total. The largest absolute Gasteiger partial charge is 0.494 e. The maximum Gasteiger partial charge on any atom is 0.279 e. The topological polar surface area (TPSA) is 76.7 Å². The van der Waals surface area contributed by atoms with Crippen LogP contribution in [0, 0.1) is 6.92 Å². The summed E-state index contributed by atoms with van der Waals surface area (Å²) in [5, 5.41) is 0. The molecule has 0 bridgehead atoms. The molecule has 0 aromatic heterocycles. The number of carbonyl (C=O) groups is 2. The quantitative estimate of drug-likeness (QED) is 0.791. The van der Waals surface area contributed by atoms with Crippen LogP contribution in [0.3, 0.4) is 0 Å². The van der Waals surface area contributed by atoms with E-state index in [0.717, 1.165) is 11.3 Å². The van der Waals surface area contributed by atoms with Gasteiger partial charge in [-0.3, -0.25) is 20.4 Å². The molecule has 0 spiro atoms. The number of hydrogen-bond acceptors (Lipinski definition) is 4. The minimum atomic E-state index is -0.767. The van der Waals surface area contributed by atoms with Crippen LogP contribution >= 0.6 is 0 Å². The van der Waals surface area contributed by atoms with Crippen molar-refractivity contribution in [3.8, 4) is 11.5 Å². The van der Waals surface area contributed by atoms with E-state index in [1.54, 1.807) is 43.3 Å². The van der Waals surface area contributed by atoms with Crippen LogP contribution in [0.5, 0.6) is 11.5 Å². The Labute approximate surface area is 147 Å². The number of rotatable bonds is 6. The third kappa shape index (κ3) is 5.53. The second kappa shape index (κ2) is 8.73. The maximum atomic E-state index is 12.0. The average Bonchev–Trinajstić information content (AvgIpc) is 2.61. The van der Waals surface area contributed by atoms with Gasteiger partial charge in [0, 0.05) is 5.56 Å². The van der Waals surface area contributed by atoms with Crippen molar-refractivity contribution in [2.24, 2.45) is 0 Å². The van der Waals surface area contributed by atoms with E-state index in [1.165, 1.54) is 0 Å². The van der Waals surface area contributed by atoms with Gasteiger partial charge in [-0.15, -0.1) is 0 Å². The summed E-state index contributed by atoms with van der Waals surface area (Å²) in [4.78, 5) is 24.0. The van der Waals surface area contributed by atoms with Gasteiger partial charge in [0.1, 0.15) is 11.5 Å². The van der Waals surface area contributed by atoms with E-state index in [9.17, 15) is 9.59 Å². The second-order valence-electron chi connectivity index (χ2n) is 5.47. The molecule has 2 N–H and O–H groups in total. The lowest BCUT2D eigenvalue weighted by Crippen LogP contribution is -2.47. The fraction of sp³-hybridized carbons (Fsp3) is 0.263. The Morgan fingerprint density at radius 3 is 2.16 bits per heavy atom. The van der Waals surface area contributed by atoms with Gasteiger partial charge in [0.05, 0.1) is 6.61 Å². The van der Waals surface area contributed by atoms with E-state index < -0.39 is 12.0 Å². The molecule has 2 amide bonds. The van der Waals surface area contributed by atoms with E-state index in [-0.39, 0.29) is 5.91 Å². The van der Waals surface area contributed by atoms with Gasteiger partial charge >= 0.3 is 0 Å². The van der Waals surface area contributed by atoms with Gasteiger partial charge in [0.15, 0.2) is 6.10 Å². The number of nitrogens with one attached hydrogen (secondary N) is 2. The Kier molecular flexibility index (Phi) is 6.39. The zero-order valence-corrected chi connectivity index (χ0v) is 14.5. The van der Waals surface area contributed by atoms with Crippen LogP contribution in [0.1, 0.15) is 29.8 Å². The number of ether oxygens (including phenoxy) is 2. The number of carbonyl (C=O) groups excluding carboxylic acids is 2. The summed E-state index contributed by atoms with van der Waals surface area (Å²) in [5.74, 6) is 0.434. The maximum absolute atomic E-state index is 12.0. The third-order valence-electron chi connectivity index (χ3n) is 3.43. The summed E-state index contributed by atoms with van der Waals surface area (Å²) in [6.45, 7) is 6.02. The monoisotopic (exact) mass is 342 g/mol. The second-order valence-corrected chi connectivity index (χ2v) is 5.47. The first-order valence-corrected chi connectivity index (χ1v) is 8.06. The van der Waals surface area contributed by atoms with Gasteiger partial charge in [-0.05, 0) is 57.2 Å². The van der Waals surface area contributed by atoms with Crippen molar-refractivity contribution in [1.29, 1.82) is 0 Å². The van der Waals surface area contributed by atoms with E-state index in [4.69, 9.17) is 9.47 Å². The van der Waals surface area contributed by atoms with Gasteiger partial charge in [-0.25, -0.2) is 0 Å². The molecule has 0 saturated carbocycles. The molecule has 0 heterocycles. The van der Waals surface area contributed by atoms with Crippen molar-refractivity contribution in [3.05, 3.63) is 59.7 Å². The molecule has 0 fully saturated rings. The SMILES string of the molecule is CCOc1ccc(OC(C)C(=O)NNC(=O)c2ccc(C)cc2)cc1. The summed E-state index contributed by atoms with van der Waals surface area (Å²) < 4.78 is 10.9. The number of benzene rings is 2. The van der Waals surface area contributed by atoms with Crippen molar-refractivity contribution in [3.63, 3.8) is 0 Å². The Morgan fingerprint density at radius 2 is 1.56 bits per heavy atom. The predicted octanol–water partition coefficient (Wildman–Crippen LogP) is 2.62. The van der Waals surface area contributed by atoms with Crippen LogP contribution in [0.25, 0.3) is 0 Å². The van der Waals surface area contributed by atoms with Gasteiger partial charge in [0.25, 0.3) is 11.8 Å². The molecule has 0 aliphatic heterocycles. The first kappa shape index (κ1) is 18.3. The van der Waals surface area contributed by atoms with Crippen LogP contribution < -0.4 is 20.3 Å². The van der Waals surface area contributed by atoms with Crippen molar-refractivity contribution in [2.45, 2.75) is 26.9 Å². The zero-order valence-electron chi connectivity index (χ0n) is 14.5. The molecule has 1 atom stereocenters. The predicted molar refractivity (Wildman–Crippen MR) is 94.5 cm³/mol. The van der Waals surface area contributed by atoms with Gasteiger partial charge in [0.2, 0.25) is 0 Å². The van der Waals surface area contributed by atoms with Crippen LogP contribution in [-0.4, -0.2) is 24.5 Å². The Bertz CT molecular complexity index is 711. The van der Waals surface area contributed by atoms with Crippen LogP contribution in [0.4, 0.5) is 0 Å². The number of amides is 2. The lowest BCUT2D eigenvalue weighted by atomic mass is 10.1. The summed E-state index contributed by atoms with van der Waals surface area (Å²) in [7, 11) is 0. The molecule has 0 saturated heterocycles. The van der Waals surface area contributed by atoms with Crippen LogP contribution in [-0.2, 0) is 4.79 Å². The lowest BCUT2D eigenvalue weighted by Gasteiger charge is -2.15. The highest BCUT2D eigenvalue weighted by atomic mass is 16.5. The van der Waals surface area contributed by atoms with Crippen molar-refractivity contribution in [1.82, 2.24) is 10.9 Å². The number of aryl methyl sites for hydroxylation is 1. The summed E-state index contributed by atoms with van der Waals surface area (Å²) in [6.07, 6.45) is -0.767. The standard InChI is InChI=1S/C19H22N2O4/c1-4-24-16-9-11-17(12-10-16)25-14(3)18(22)20-21-19(23)15-7-5-13(2)6-8-15/h5-12,14H,4H2,1-3H3,(H,20,22)(H,21,23). The molecular weight excluding hydrogens is 320 g/mol. The molecule has 2 aromatic carbocycles. The third-order valence-corrected chi connectivity index (χ3v) is 3.43. The fourth-order valence-corrected chi connectivity index (χ4v) is 2.04. The van der Waals surface area contributed by atoms with E-state index in [0.29, 0.717) is 17.9 Å². The van der Waals surface area contributed by atoms with Crippen LogP contribution in [0.15, 0.2) is 48.5 Å². The number of hydrogen-bond donors (Lipinski definition) is 2. The molecule has 1 unspecified atom stereocenters. The lowest BCUT2D eigenvalue weighted by molar-refractivity contribution is -0.128. The van der Waals surface area contributed by atoms with Crippen molar-refractivity contribution >= 4 is 11.8 Å². The molecule has 0 aliphatic rings. The Balaban J connectivity index is 1.83. The smallest absolute Gasteiger partial charge is 0.279 e. The first-order chi connectivity index (χ1) is 12.0. The highest BCUT2D eigenvalue weighted by Gasteiger charge is 2.16. The molecule has 25 heavy (non-hydrogen) atoms. The molecule has 0 aliphatic carbocycles. The molecular formula is C19H22N2O4. The van der Waals surface area contributed by atoms with E-state index in [2.05, 4.69) is 10.9 Å². The van der Waals surface area contributed by atoms with Crippen molar-refractivity contribution in [2.75, 3.05) is 6.61 Å². The fourth-order valence-electron chi connectivity index (χ4n) is 2.04. The van der Waals surface area contributed by atoms with E-state index >= 15 is 0 Å². The highest BCUT2D eigenvalue weighted by molar-refractivity contribution is 5.95. The first-order valence-electron chi connectivity index (χ1n) is 8.06. The molecule has 2 rings (SSSR count).